The van der Waals surface area contributed by atoms with E-state index >= 15 is 0 Å². The lowest BCUT2D eigenvalue weighted by Gasteiger charge is -2.21. The molecule has 4 heteroatoms. The molecule has 2 unspecified atom stereocenters. The Kier molecular flexibility index (Phi) is 9.66. The minimum absolute atomic E-state index is 0. The van der Waals surface area contributed by atoms with E-state index in [0.29, 0.717) is 5.75 Å². The summed E-state index contributed by atoms with van der Waals surface area (Å²) < 4.78 is 5.85. The van der Waals surface area contributed by atoms with Crippen LogP contribution in [-0.2, 0) is 4.79 Å². The zero-order valence-corrected chi connectivity index (χ0v) is 24.0. The number of aryl methyl sites for hydroxylation is 4. The number of hydrogen-bond donors (Lipinski definition) is 1. The van der Waals surface area contributed by atoms with Crippen LogP contribution in [0.3, 0.4) is 0 Å². The van der Waals surface area contributed by atoms with Crippen molar-refractivity contribution >= 4 is 15.8 Å². The topological polar surface area (TPSA) is 38.3 Å². The first-order valence-corrected chi connectivity index (χ1v) is 12.5. The van der Waals surface area contributed by atoms with E-state index in [4.69, 9.17) is 4.74 Å². The lowest BCUT2D eigenvalue weighted by molar-refractivity contribution is -0.123. The van der Waals surface area contributed by atoms with Crippen LogP contribution in [0.15, 0.2) is 91.0 Å². The van der Waals surface area contributed by atoms with E-state index in [1.54, 1.807) is 0 Å². The van der Waals surface area contributed by atoms with E-state index in [1.807, 2.05) is 12.1 Å². The molecule has 3 nitrogen and oxygen atoms in total. The minimum atomic E-state index is -0.233. The molecule has 0 aliphatic carbocycles. The van der Waals surface area contributed by atoms with Crippen molar-refractivity contribution in [3.8, 4) is 5.75 Å². The van der Waals surface area contributed by atoms with E-state index < -0.39 is 0 Å². The summed E-state index contributed by atoms with van der Waals surface area (Å²) in [6.07, 6.45) is 0. The molecule has 4 aromatic carbocycles. The van der Waals surface area contributed by atoms with Gasteiger partial charge in [-0.05, 0) is 67.6 Å². The molecule has 4 rings (SSSR count). The zero-order valence-electron chi connectivity index (χ0n) is 22.5. The fourth-order valence-corrected chi connectivity index (χ4v) is 4.57. The van der Waals surface area contributed by atoms with Gasteiger partial charge < -0.3 is 10.1 Å². The minimum Gasteiger partial charge on any atom is -0.484 e. The number of benzene rings is 4. The van der Waals surface area contributed by atoms with Gasteiger partial charge in [0.1, 0.15) is 5.75 Å². The molecule has 2 atom stereocenters. The first-order valence-electron chi connectivity index (χ1n) is 12.5. The molecule has 0 saturated carbocycles. The number of rotatable bonds is 8. The molecular weight excluding hydrogens is 473 g/mol. The summed E-state index contributed by atoms with van der Waals surface area (Å²) in [6.45, 7) is 10.6. The third kappa shape index (κ3) is 7.31. The normalized spacial score (nSPS) is 11.5. The molecule has 1 N–H and O–H groups in total. The van der Waals surface area contributed by atoms with Crippen molar-refractivity contribution in [3.63, 3.8) is 0 Å². The standard InChI is InChI=1S/C33H35NO2.H3P/c1-22-6-11-28(12-7-22)33(29-13-8-23(2)9-14-29)34-32(35)21-36-30-17-15-27(16-18-30)26(5)31-19-10-24(3)20-25(31)4;/h6-20,26,33H,21H2,1-5H3,(H,34,35);1H3. The van der Waals surface area contributed by atoms with Crippen molar-refractivity contribution in [1.82, 2.24) is 5.32 Å². The Morgan fingerprint density at radius 1 is 0.703 bits per heavy atom. The number of nitrogens with one attached hydrogen (secondary N) is 1. The molecule has 0 heterocycles. The average molecular weight is 512 g/mol. The van der Waals surface area contributed by atoms with Gasteiger partial charge >= 0.3 is 0 Å². The summed E-state index contributed by atoms with van der Waals surface area (Å²) in [5, 5.41) is 3.16. The van der Waals surface area contributed by atoms with Gasteiger partial charge in [-0.2, -0.15) is 9.90 Å². The first-order chi connectivity index (χ1) is 17.3. The van der Waals surface area contributed by atoms with Crippen molar-refractivity contribution in [2.45, 2.75) is 46.6 Å². The highest BCUT2D eigenvalue weighted by molar-refractivity contribution is 6.92. The molecule has 0 fully saturated rings. The monoisotopic (exact) mass is 511 g/mol. The van der Waals surface area contributed by atoms with Gasteiger partial charge in [0.15, 0.2) is 6.61 Å². The first kappa shape index (κ1) is 28.2. The van der Waals surface area contributed by atoms with Crippen molar-refractivity contribution in [1.29, 1.82) is 0 Å². The van der Waals surface area contributed by atoms with E-state index in [0.717, 1.165) is 11.1 Å². The maximum atomic E-state index is 12.9. The van der Waals surface area contributed by atoms with Gasteiger partial charge in [0.25, 0.3) is 5.91 Å². The molecule has 192 valence electrons. The van der Waals surface area contributed by atoms with Crippen LogP contribution in [0.4, 0.5) is 0 Å². The Balaban J connectivity index is 0.00000380. The number of hydrogen-bond acceptors (Lipinski definition) is 2. The SMILES string of the molecule is Cc1ccc(C(NC(=O)COc2ccc(C(C)c3ccc(C)cc3C)cc2)c2ccc(C)cc2)cc1.P. The van der Waals surface area contributed by atoms with Crippen LogP contribution in [0.5, 0.6) is 5.75 Å². The van der Waals surface area contributed by atoms with E-state index in [-0.39, 0.29) is 34.4 Å². The number of carbonyl (C=O) groups is 1. The highest BCUT2D eigenvalue weighted by Crippen LogP contribution is 2.29. The molecule has 0 spiro atoms. The second kappa shape index (κ2) is 12.7. The van der Waals surface area contributed by atoms with Gasteiger partial charge in [0, 0.05) is 5.92 Å². The van der Waals surface area contributed by atoms with Gasteiger partial charge in [-0.15, -0.1) is 0 Å². The number of ether oxygens (including phenoxy) is 1. The summed E-state index contributed by atoms with van der Waals surface area (Å²) in [7, 11) is 0. The Morgan fingerprint density at radius 2 is 1.19 bits per heavy atom. The number of amides is 1. The summed E-state index contributed by atoms with van der Waals surface area (Å²) in [6, 6.07) is 31.0. The van der Waals surface area contributed by atoms with Crippen LogP contribution in [0.25, 0.3) is 0 Å². The van der Waals surface area contributed by atoms with Crippen LogP contribution in [-0.4, -0.2) is 12.5 Å². The highest BCUT2D eigenvalue weighted by atomic mass is 31.0. The molecule has 0 saturated heterocycles. The van der Waals surface area contributed by atoms with Crippen LogP contribution >= 0.6 is 9.90 Å². The molecule has 0 aliphatic heterocycles. The maximum Gasteiger partial charge on any atom is 0.258 e. The van der Waals surface area contributed by atoms with Crippen molar-refractivity contribution < 1.29 is 9.53 Å². The molecule has 4 aromatic rings. The van der Waals surface area contributed by atoms with Crippen molar-refractivity contribution in [2.75, 3.05) is 6.61 Å². The Hall–Kier alpha value is -3.42. The molecule has 0 aliphatic rings. The molecule has 0 radical (unpaired) electrons. The molecule has 0 bridgehead atoms. The van der Waals surface area contributed by atoms with E-state index in [1.165, 1.54) is 33.4 Å². The predicted molar refractivity (Wildman–Crippen MR) is 159 cm³/mol. The summed E-state index contributed by atoms with van der Waals surface area (Å²) in [5.41, 5.74) is 9.58. The van der Waals surface area contributed by atoms with Gasteiger partial charge in [0.2, 0.25) is 0 Å². The second-order valence-electron chi connectivity index (χ2n) is 9.76. The van der Waals surface area contributed by atoms with Crippen LogP contribution in [0.1, 0.15) is 63.4 Å². The van der Waals surface area contributed by atoms with Gasteiger partial charge in [-0.25, -0.2) is 0 Å². The lowest BCUT2D eigenvalue weighted by atomic mass is 9.89. The molecular formula is C33H38NO2P. The van der Waals surface area contributed by atoms with Crippen molar-refractivity contribution in [3.05, 3.63) is 136 Å². The van der Waals surface area contributed by atoms with E-state index in [9.17, 15) is 4.79 Å². The summed E-state index contributed by atoms with van der Waals surface area (Å²) in [5.74, 6) is 0.811. The number of carbonyl (C=O) groups excluding carboxylic acids is 1. The lowest BCUT2D eigenvalue weighted by Crippen LogP contribution is -2.33. The Morgan fingerprint density at radius 3 is 1.70 bits per heavy atom. The highest BCUT2D eigenvalue weighted by Gasteiger charge is 2.18. The Labute approximate surface area is 224 Å². The zero-order chi connectivity index (χ0) is 25.7. The third-order valence-corrected chi connectivity index (χ3v) is 6.77. The van der Waals surface area contributed by atoms with Crippen LogP contribution < -0.4 is 10.1 Å². The van der Waals surface area contributed by atoms with E-state index in [2.05, 4.69) is 119 Å². The smallest absolute Gasteiger partial charge is 0.258 e. The van der Waals surface area contributed by atoms with Gasteiger partial charge in [0.05, 0.1) is 6.04 Å². The quantitative estimate of drug-likeness (QED) is 0.250. The Bertz CT molecular complexity index is 1270. The largest absolute Gasteiger partial charge is 0.484 e. The third-order valence-electron chi connectivity index (χ3n) is 6.77. The fourth-order valence-electron chi connectivity index (χ4n) is 4.57. The second-order valence-corrected chi connectivity index (χ2v) is 9.76. The molecule has 1 amide bonds. The maximum absolute atomic E-state index is 12.9. The molecule has 0 aromatic heterocycles. The van der Waals surface area contributed by atoms with Crippen molar-refractivity contribution in [2.24, 2.45) is 0 Å². The summed E-state index contributed by atoms with van der Waals surface area (Å²) >= 11 is 0. The van der Waals surface area contributed by atoms with Crippen LogP contribution in [0, 0.1) is 27.7 Å². The van der Waals surface area contributed by atoms with Crippen LogP contribution in [0.2, 0.25) is 0 Å². The summed E-state index contributed by atoms with van der Waals surface area (Å²) in [4.78, 5) is 12.9. The predicted octanol–water partition coefficient (Wildman–Crippen LogP) is 7.41. The van der Waals surface area contributed by atoms with Gasteiger partial charge in [-0.1, -0.05) is 102 Å². The molecule has 37 heavy (non-hydrogen) atoms. The van der Waals surface area contributed by atoms with Gasteiger partial charge in [-0.3, -0.25) is 4.79 Å². The fraction of sp³-hybridized carbons (Fsp3) is 0.242. The average Bonchev–Trinajstić information content (AvgIpc) is 2.87.